The second-order valence-corrected chi connectivity index (χ2v) is 7.66. The van der Waals surface area contributed by atoms with Crippen LogP contribution in [0.25, 0.3) is 0 Å². The number of carbonyl (C=O) groups excluding carboxylic acids is 1. The molecule has 162 valence electrons. The first-order valence-corrected chi connectivity index (χ1v) is 10.5. The minimum atomic E-state index is -0.0299. The molecule has 30 heavy (non-hydrogen) atoms. The Bertz CT molecular complexity index is 819. The molecule has 2 saturated heterocycles. The van der Waals surface area contributed by atoms with Crippen molar-refractivity contribution in [1.82, 2.24) is 20.0 Å². The van der Waals surface area contributed by atoms with Gasteiger partial charge in [0.25, 0.3) is 5.91 Å². The number of methoxy groups -OCH3 is 1. The summed E-state index contributed by atoms with van der Waals surface area (Å²) in [5.41, 5.74) is 0.559. The van der Waals surface area contributed by atoms with E-state index in [1.165, 1.54) is 0 Å². The van der Waals surface area contributed by atoms with Gasteiger partial charge in [-0.1, -0.05) is 5.16 Å². The lowest BCUT2D eigenvalue weighted by molar-refractivity contribution is 0.00249. The van der Waals surface area contributed by atoms with E-state index in [0.29, 0.717) is 48.6 Å². The Morgan fingerprint density at radius 3 is 2.90 bits per heavy atom. The minimum absolute atomic E-state index is 0.00997. The van der Waals surface area contributed by atoms with Crippen LogP contribution >= 0.6 is 0 Å². The van der Waals surface area contributed by atoms with Crippen LogP contribution in [-0.2, 0) is 15.9 Å². The Morgan fingerprint density at radius 2 is 2.13 bits per heavy atom. The number of amides is 1. The molecule has 9 nitrogen and oxygen atoms in total. The molecule has 2 fully saturated rings. The number of aromatic nitrogens is 3. The van der Waals surface area contributed by atoms with Gasteiger partial charge >= 0.3 is 0 Å². The van der Waals surface area contributed by atoms with Crippen molar-refractivity contribution in [3.8, 4) is 5.88 Å². The molecule has 2 aliphatic rings. The standard InChI is InChI=1S/C21H28N4O5/c1-27-19-5-4-16(13-22-19)21(26)25-9-2-3-17(14-25)29-12-8-18-23-20(30-24-18)15-6-10-28-11-7-15/h4-5,13,15,17H,2-3,6-12,14H2,1H3. The molecule has 2 aromatic rings. The van der Waals surface area contributed by atoms with Crippen LogP contribution in [0.2, 0.25) is 0 Å². The van der Waals surface area contributed by atoms with Crippen molar-refractivity contribution in [2.24, 2.45) is 0 Å². The maximum absolute atomic E-state index is 12.7. The average molecular weight is 416 g/mol. The Hall–Kier alpha value is -2.52. The molecule has 4 heterocycles. The Labute approximate surface area is 175 Å². The van der Waals surface area contributed by atoms with Crippen LogP contribution in [0.1, 0.15) is 53.7 Å². The van der Waals surface area contributed by atoms with Gasteiger partial charge in [0.05, 0.1) is 25.4 Å². The first kappa shape index (κ1) is 20.7. The number of piperidine rings is 1. The zero-order valence-electron chi connectivity index (χ0n) is 17.3. The van der Waals surface area contributed by atoms with Crippen molar-refractivity contribution in [1.29, 1.82) is 0 Å². The monoisotopic (exact) mass is 416 g/mol. The normalized spacial score (nSPS) is 20.3. The zero-order chi connectivity index (χ0) is 20.8. The second kappa shape index (κ2) is 9.99. The van der Waals surface area contributed by atoms with Crippen molar-refractivity contribution in [3.63, 3.8) is 0 Å². The number of hydrogen-bond acceptors (Lipinski definition) is 8. The van der Waals surface area contributed by atoms with Gasteiger partial charge in [-0.25, -0.2) is 4.98 Å². The van der Waals surface area contributed by atoms with E-state index < -0.39 is 0 Å². The van der Waals surface area contributed by atoms with Gasteiger partial charge in [-0.15, -0.1) is 0 Å². The van der Waals surface area contributed by atoms with Crippen molar-refractivity contribution < 1.29 is 23.5 Å². The number of pyridine rings is 1. The largest absolute Gasteiger partial charge is 0.481 e. The van der Waals surface area contributed by atoms with Gasteiger partial charge in [0.1, 0.15) is 0 Å². The van der Waals surface area contributed by atoms with E-state index in [0.717, 1.165) is 45.4 Å². The maximum Gasteiger partial charge on any atom is 0.255 e. The molecule has 2 aromatic heterocycles. The molecule has 1 atom stereocenters. The topological polar surface area (TPSA) is 99.8 Å². The van der Waals surface area contributed by atoms with Gasteiger partial charge in [-0.2, -0.15) is 4.98 Å². The van der Waals surface area contributed by atoms with Crippen molar-refractivity contribution in [3.05, 3.63) is 35.6 Å². The van der Waals surface area contributed by atoms with Crippen LogP contribution in [0, 0.1) is 0 Å². The number of hydrogen-bond donors (Lipinski definition) is 0. The fourth-order valence-corrected chi connectivity index (χ4v) is 3.87. The van der Waals surface area contributed by atoms with Crippen LogP contribution in [0.5, 0.6) is 5.88 Å². The van der Waals surface area contributed by atoms with Crippen molar-refractivity contribution in [2.75, 3.05) is 40.0 Å². The number of carbonyl (C=O) groups is 1. The van der Waals surface area contributed by atoms with E-state index in [2.05, 4.69) is 15.1 Å². The first-order valence-electron chi connectivity index (χ1n) is 10.5. The third-order valence-electron chi connectivity index (χ3n) is 5.59. The van der Waals surface area contributed by atoms with Gasteiger partial charge < -0.3 is 23.6 Å². The molecule has 0 aromatic carbocycles. The van der Waals surface area contributed by atoms with E-state index in [1.807, 2.05) is 4.90 Å². The van der Waals surface area contributed by atoms with Crippen molar-refractivity contribution >= 4 is 5.91 Å². The summed E-state index contributed by atoms with van der Waals surface area (Å²) in [5.74, 6) is 2.14. The molecule has 1 amide bonds. The molecule has 0 saturated carbocycles. The van der Waals surface area contributed by atoms with Crippen LogP contribution in [-0.4, -0.2) is 72.1 Å². The highest BCUT2D eigenvalue weighted by Crippen LogP contribution is 2.25. The zero-order valence-corrected chi connectivity index (χ0v) is 17.3. The maximum atomic E-state index is 12.7. The highest BCUT2D eigenvalue weighted by atomic mass is 16.5. The van der Waals surface area contributed by atoms with Gasteiger partial charge in [0.2, 0.25) is 11.8 Å². The predicted molar refractivity (Wildman–Crippen MR) is 106 cm³/mol. The summed E-state index contributed by atoms with van der Waals surface area (Å²) in [4.78, 5) is 23.2. The molecule has 0 aliphatic carbocycles. The van der Waals surface area contributed by atoms with E-state index in [-0.39, 0.29) is 12.0 Å². The van der Waals surface area contributed by atoms with Gasteiger partial charge in [-0.05, 0) is 31.7 Å². The third-order valence-corrected chi connectivity index (χ3v) is 5.59. The molecular weight excluding hydrogens is 388 g/mol. The number of nitrogens with zero attached hydrogens (tertiary/aromatic N) is 4. The Morgan fingerprint density at radius 1 is 1.27 bits per heavy atom. The van der Waals surface area contributed by atoms with Crippen LogP contribution in [0.3, 0.4) is 0 Å². The van der Waals surface area contributed by atoms with Gasteiger partial charge in [0, 0.05) is 50.9 Å². The number of likely N-dealkylation sites (tertiary alicyclic amines) is 1. The number of ether oxygens (including phenoxy) is 3. The smallest absolute Gasteiger partial charge is 0.255 e. The molecule has 0 bridgehead atoms. The van der Waals surface area contributed by atoms with Crippen molar-refractivity contribution in [2.45, 2.75) is 44.1 Å². The summed E-state index contributed by atoms with van der Waals surface area (Å²) in [6.07, 6.45) is 5.86. The first-order chi connectivity index (χ1) is 14.7. The lowest BCUT2D eigenvalue weighted by Gasteiger charge is -2.32. The summed E-state index contributed by atoms with van der Waals surface area (Å²) in [6.45, 7) is 3.29. The molecule has 1 unspecified atom stereocenters. The van der Waals surface area contributed by atoms with E-state index in [4.69, 9.17) is 18.7 Å². The lowest BCUT2D eigenvalue weighted by atomic mass is 10.0. The SMILES string of the molecule is COc1ccc(C(=O)N2CCCC(OCCc3noc(C4CCOCC4)n3)C2)cn1. The minimum Gasteiger partial charge on any atom is -0.481 e. The molecule has 2 aliphatic heterocycles. The molecule has 0 radical (unpaired) electrons. The summed E-state index contributed by atoms with van der Waals surface area (Å²) < 4.78 is 21.9. The molecule has 4 rings (SSSR count). The summed E-state index contributed by atoms with van der Waals surface area (Å²) >= 11 is 0. The highest BCUT2D eigenvalue weighted by molar-refractivity contribution is 5.94. The van der Waals surface area contributed by atoms with E-state index in [1.54, 1.807) is 25.4 Å². The van der Waals surface area contributed by atoms with Crippen LogP contribution < -0.4 is 4.74 Å². The van der Waals surface area contributed by atoms with E-state index in [9.17, 15) is 4.79 Å². The highest BCUT2D eigenvalue weighted by Gasteiger charge is 2.26. The van der Waals surface area contributed by atoms with Crippen LogP contribution in [0.15, 0.2) is 22.9 Å². The second-order valence-electron chi connectivity index (χ2n) is 7.66. The quantitative estimate of drug-likeness (QED) is 0.677. The summed E-state index contributed by atoms with van der Waals surface area (Å²) in [7, 11) is 1.55. The van der Waals surface area contributed by atoms with Gasteiger partial charge in [0.15, 0.2) is 5.82 Å². The molecule has 9 heteroatoms. The lowest BCUT2D eigenvalue weighted by Crippen LogP contribution is -2.43. The molecular formula is C21H28N4O5. The van der Waals surface area contributed by atoms with Crippen LogP contribution in [0.4, 0.5) is 0 Å². The van der Waals surface area contributed by atoms with E-state index >= 15 is 0 Å². The molecule has 0 N–H and O–H groups in total. The Balaban J connectivity index is 1.24. The van der Waals surface area contributed by atoms with Gasteiger partial charge in [-0.3, -0.25) is 4.79 Å². The fraction of sp³-hybridized carbons (Fsp3) is 0.619. The fourth-order valence-electron chi connectivity index (χ4n) is 3.87. The molecule has 0 spiro atoms. The predicted octanol–water partition coefficient (Wildman–Crippen LogP) is 2.23. The third kappa shape index (κ3) is 5.14. The Kier molecular flexibility index (Phi) is 6.91. The number of rotatable bonds is 7. The summed E-state index contributed by atoms with van der Waals surface area (Å²) in [6, 6.07) is 3.44. The summed E-state index contributed by atoms with van der Waals surface area (Å²) in [5, 5.41) is 4.08. The average Bonchev–Trinajstić information content (AvgIpc) is 3.28.